The molecule has 1 atom stereocenters. The van der Waals surface area contributed by atoms with Gasteiger partial charge in [0, 0.05) is 16.8 Å². The van der Waals surface area contributed by atoms with Crippen molar-refractivity contribution in [3.63, 3.8) is 0 Å². The smallest absolute Gasteiger partial charge is 0.257 e. The van der Waals surface area contributed by atoms with E-state index in [4.69, 9.17) is 11.6 Å². The number of nitrogens with one attached hydrogen (secondary N) is 3. The Balaban J connectivity index is 1.60. The first kappa shape index (κ1) is 20.6. The zero-order chi connectivity index (χ0) is 20.6. The molecule has 0 aliphatic rings. The second-order valence-electron chi connectivity index (χ2n) is 6.57. The molecular weight excluding hydrogens is 386 g/mol. The first-order valence-corrected chi connectivity index (χ1v) is 9.65. The van der Waals surface area contributed by atoms with Gasteiger partial charge in [0.2, 0.25) is 5.91 Å². The van der Waals surface area contributed by atoms with Crippen LogP contribution >= 0.6 is 11.6 Å². The number of anilines is 2. The van der Waals surface area contributed by atoms with Gasteiger partial charge in [0.1, 0.15) is 0 Å². The maximum atomic E-state index is 12.6. The van der Waals surface area contributed by atoms with Crippen molar-refractivity contribution in [3.8, 4) is 0 Å². The summed E-state index contributed by atoms with van der Waals surface area (Å²) in [5, 5.41) is 9.48. The van der Waals surface area contributed by atoms with Crippen molar-refractivity contribution in [1.29, 1.82) is 0 Å². The minimum Gasteiger partial charge on any atom is -0.324 e. The molecule has 0 unspecified atom stereocenters. The lowest BCUT2D eigenvalue weighted by atomic mass is 10.1. The highest BCUT2D eigenvalue weighted by Crippen LogP contribution is 2.18. The Morgan fingerprint density at radius 3 is 2.24 bits per heavy atom. The van der Waals surface area contributed by atoms with E-state index in [0.717, 1.165) is 5.56 Å². The summed E-state index contributed by atoms with van der Waals surface area (Å²) in [5.41, 5.74) is 2.59. The molecule has 29 heavy (non-hydrogen) atoms. The zero-order valence-corrected chi connectivity index (χ0v) is 16.7. The number of benzene rings is 3. The van der Waals surface area contributed by atoms with Crippen molar-refractivity contribution >= 4 is 34.8 Å². The predicted octanol–water partition coefficient (Wildman–Crippen LogP) is 4.88. The van der Waals surface area contributed by atoms with Crippen LogP contribution < -0.4 is 16.0 Å². The summed E-state index contributed by atoms with van der Waals surface area (Å²) in [5.74, 6) is -0.514. The predicted molar refractivity (Wildman–Crippen MR) is 117 cm³/mol. The van der Waals surface area contributed by atoms with E-state index in [1.165, 1.54) is 0 Å². The molecule has 148 valence electrons. The fourth-order valence-electron chi connectivity index (χ4n) is 2.82. The normalized spacial score (nSPS) is 11.5. The van der Waals surface area contributed by atoms with E-state index in [1.54, 1.807) is 36.4 Å². The number of rotatable bonds is 7. The largest absolute Gasteiger partial charge is 0.324 e. The van der Waals surface area contributed by atoms with Crippen LogP contribution in [-0.2, 0) is 4.79 Å². The molecule has 0 aliphatic heterocycles. The number of amides is 2. The van der Waals surface area contributed by atoms with Crippen LogP contribution in [0.2, 0.25) is 5.02 Å². The molecule has 0 saturated heterocycles. The molecule has 3 aromatic carbocycles. The first-order valence-electron chi connectivity index (χ1n) is 9.27. The first-order chi connectivity index (χ1) is 14.0. The fraction of sp³-hybridized carbons (Fsp3) is 0.130. The van der Waals surface area contributed by atoms with Crippen molar-refractivity contribution in [2.75, 3.05) is 17.2 Å². The third-order valence-corrected chi connectivity index (χ3v) is 4.67. The molecule has 0 radical (unpaired) electrons. The Morgan fingerprint density at radius 2 is 1.52 bits per heavy atom. The molecule has 3 rings (SSSR count). The zero-order valence-electron chi connectivity index (χ0n) is 16.0. The van der Waals surface area contributed by atoms with E-state index in [-0.39, 0.29) is 24.4 Å². The number of hydrogen-bond acceptors (Lipinski definition) is 3. The minimum absolute atomic E-state index is 0.0189. The molecule has 3 aromatic rings. The summed E-state index contributed by atoms with van der Waals surface area (Å²) in [4.78, 5) is 25.0. The van der Waals surface area contributed by atoms with Gasteiger partial charge in [-0.25, -0.2) is 0 Å². The Morgan fingerprint density at radius 1 is 0.862 bits per heavy atom. The summed E-state index contributed by atoms with van der Waals surface area (Å²) in [7, 11) is 0. The third-order valence-electron chi connectivity index (χ3n) is 4.42. The average molecular weight is 408 g/mol. The molecule has 0 fully saturated rings. The third kappa shape index (κ3) is 5.91. The van der Waals surface area contributed by atoms with Crippen LogP contribution in [0.1, 0.15) is 28.9 Å². The summed E-state index contributed by atoms with van der Waals surface area (Å²) in [6, 6.07) is 23.6. The number of carbonyl (C=O) groups is 2. The van der Waals surface area contributed by atoms with Gasteiger partial charge in [0.05, 0.1) is 17.8 Å². The Kier molecular flexibility index (Phi) is 7.00. The number of para-hydroxylation sites is 2. The SMILES string of the molecule is C[C@@H](NCC(=O)Nc1ccccc1C(=O)Nc1ccccc1)c1ccc(Cl)cc1. The lowest BCUT2D eigenvalue weighted by Crippen LogP contribution is -2.30. The topological polar surface area (TPSA) is 70.2 Å². The Bertz CT molecular complexity index is 975. The van der Waals surface area contributed by atoms with Gasteiger partial charge in [-0.15, -0.1) is 0 Å². The van der Waals surface area contributed by atoms with Gasteiger partial charge in [0.15, 0.2) is 0 Å². The van der Waals surface area contributed by atoms with Crippen molar-refractivity contribution in [3.05, 3.63) is 95.0 Å². The Labute approximate surface area is 175 Å². The van der Waals surface area contributed by atoms with Crippen LogP contribution in [0.25, 0.3) is 0 Å². The molecule has 0 heterocycles. The quantitative estimate of drug-likeness (QED) is 0.522. The van der Waals surface area contributed by atoms with Crippen LogP contribution in [0.4, 0.5) is 11.4 Å². The summed E-state index contributed by atoms with van der Waals surface area (Å²) in [6.07, 6.45) is 0. The van der Waals surface area contributed by atoms with Crippen molar-refractivity contribution in [2.24, 2.45) is 0 Å². The molecule has 6 heteroatoms. The summed E-state index contributed by atoms with van der Waals surface area (Å²) < 4.78 is 0. The second kappa shape index (κ2) is 9.87. The van der Waals surface area contributed by atoms with E-state index in [9.17, 15) is 9.59 Å². The molecule has 3 N–H and O–H groups in total. The van der Waals surface area contributed by atoms with Gasteiger partial charge in [-0.05, 0) is 48.9 Å². The van der Waals surface area contributed by atoms with E-state index < -0.39 is 0 Å². The highest BCUT2D eigenvalue weighted by Gasteiger charge is 2.14. The molecular formula is C23H22ClN3O2. The standard InChI is InChI=1S/C23H22ClN3O2/c1-16(17-11-13-18(24)14-12-17)25-15-22(28)27-21-10-6-5-9-20(21)23(29)26-19-7-3-2-4-8-19/h2-14,16,25H,15H2,1H3,(H,26,29)(H,27,28)/t16-/m1/s1. The highest BCUT2D eigenvalue weighted by molar-refractivity contribution is 6.30. The summed E-state index contributed by atoms with van der Waals surface area (Å²) >= 11 is 5.91. The number of hydrogen-bond donors (Lipinski definition) is 3. The van der Waals surface area contributed by atoms with Gasteiger partial charge in [-0.1, -0.05) is 54.1 Å². The van der Waals surface area contributed by atoms with E-state index in [2.05, 4.69) is 16.0 Å². The van der Waals surface area contributed by atoms with Crippen LogP contribution in [0.5, 0.6) is 0 Å². The second-order valence-corrected chi connectivity index (χ2v) is 7.00. The molecule has 5 nitrogen and oxygen atoms in total. The van der Waals surface area contributed by atoms with E-state index in [0.29, 0.717) is 22.0 Å². The molecule has 0 aromatic heterocycles. The molecule has 0 saturated carbocycles. The molecule has 0 aliphatic carbocycles. The lowest BCUT2D eigenvalue weighted by Gasteiger charge is -2.15. The van der Waals surface area contributed by atoms with Gasteiger partial charge >= 0.3 is 0 Å². The van der Waals surface area contributed by atoms with Crippen molar-refractivity contribution in [1.82, 2.24) is 5.32 Å². The summed E-state index contributed by atoms with van der Waals surface area (Å²) in [6.45, 7) is 2.08. The van der Waals surface area contributed by atoms with Gasteiger partial charge in [-0.2, -0.15) is 0 Å². The maximum Gasteiger partial charge on any atom is 0.257 e. The maximum absolute atomic E-state index is 12.6. The lowest BCUT2D eigenvalue weighted by molar-refractivity contribution is -0.115. The van der Waals surface area contributed by atoms with E-state index in [1.807, 2.05) is 49.4 Å². The van der Waals surface area contributed by atoms with Gasteiger partial charge in [0.25, 0.3) is 5.91 Å². The fourth-order valence-corrected chi connectivity index (χ4v) is 2.95. The monoisotopic (exact) mass is 407 g/mol. The van der Waals surface area contributed by atoms with Crippen molar-refractivity contribution in [2.45, 2.75) is 13.0 Å². The molecule has 0 spiro atoms. The van der Waals surface area contributed by atoms with Crippen LogP contribution in [-0.4, -0.2) is 18.4 Å². The average Bonchev–Trinajstić information content (AvgIpc) is 2.73. The highest BCUT2D eigenvalue weighted by atomic mass is 35.5. The minimum atomic E-state index is -0.283. The van der Waals surface area contributed by atoms with Crippen molar-refractivity contribution < 1.29 is 9.59 Å². The van der Waals surface area contributed by atoms with Crippen LogP contribution in [0.3, 0.4) is 0 Å². The van der Waals surface area contributed by atoms with Crippen LogP contribution in [0.15, 0.2) is 78.9 Å². The molecule has 0 bridgehead atoms. The number of carbonyl (C=O) groups excluding carboxylic acids is 2. The molecule has 2 amide bonds. The van der Waals surface area contributed by atoms with Crippen LogP contribution in [0, 0.1) is 0 Å². The number of halogens is 1. The van der Waals surface area contributed by atoms with E-state index >= 15 is 0 Å². The van der Waals surface area contributed by atoms with Gasteiger partial charge in [-0.3, -0.25) is 9.59 Å². The van der Waals surface area contributed by atoms with Gasteiger partial charge < -0.3 is 16.0 Å². The Hall–Kier alpha value is -3.15.